The number of aromatic amines is 1. The Kier molecular flexibility index (Phi) is 10.2. The minimum absolute atomic E-state index is 0.00909. The molecule has 0 saturated carbocycles. The van der Waals surface area contributed by atoms with Gasteiger partial charge in [0.2, 0.25) is 5.78 Å². The van der Waals surface area contributed by atoms with Gasteiger partial charge in [0.1, 0.15) is 17.6 Å². The molecule has 3 N–H and O–H groups in total. The monoisotopic (exact) mass is 739 g/mol. The second-order valence-electron chi connectivity index (χ2n) is 13.6. The van der Waals surface area contributed by atoms with Gasteiger partial charge in [0, 0.05) is 86.4 Å². The summed E-state index contributed by atoms with van der Waals surface area (Å²) in [5.74, 6) is -4.33. The maximum atomic E-state index is 15.7. The molecule has 12 nitrogen and oxygen atoms in total. The zero-order chi connectivity index (χ0) is 36.6. The van der Waals surface area contributed by atoms with E-state index in [0.29, 0.717) is 22.6 Å². The summed E-state index contributed by atoms with van der Waals surface area (Å²) in [4.78, 5) is 39.0. The minimum Gasteiger partial charge on any atom is -0.480 e. The summed E-state index contributed by atoms with van der Waals surface area (Å²) in [6.45, 7) is 4.83. The lowest BCUT2D eigenvalue weighted by atomic mass is 9.99. The SMILES string of the molecule is O=C(O)CN1CCCN(C2CCN(c3ccc(-c4cnc5[nH]cc(C(=O)c6c(F)ccc(NS(=O)(=O)N7CC[C@@H](F)C7)c6F)c5c4)cc3)CC2)CC1. The first-order valence-corrected chi connectivity index (χ1v) is 18.9. The van der Waals surface area contributed by atoms with E-state index in [4.69, 9.17) is 5.11 Å². The first kappa shape index (κ1) is 35.9. The van der Waals surface area contributed by atoms with E-state index in [9.17, 15) is 22.4 Å². The molecule has 0 bridgehead atoms. The van der Waals surface area contributed by atoms with Gasteiger partial charge in [-0.05, 0) is 68.1 Å². The Hall–Kier alpha value is -4.51. The third-order valence-corrected chi connectivity index (χ3v) is 11.8. The van der Waals surface area contributed by atoms with Gasteiger partial charge in [-0.15, -0.1) is 0 Å². The molecule has 0 spiro atoms. The van der Waals surface area contributed by atoms with Crippen LogP contribution in [0.2, 0.25) is 0 Å². The summed E-state index contributed by atoms with van der Waals surface area (Å²) in [5.41, 5.74) is 1.33. The first-order valence-electron chi connectivity index (χ1n) is 17.4. The molecule has 0 radical (unpaired) electrons. The highest BCUT2D eigenvalue weighted by atomic mass is 32.2. The summed E-state index contributed by atoms with van der Waals surface area (Å²) in [5, 5.41) is 9.49. The van der Waals surface area contributed by atoms with Crippen molar-refractivity contribution in [3.05, 3.63) is 77.6 Å². The third-order valence-electron chi connectivity index (χ3n) is 10.3. The lowest BCUT2D eigenvalue weighted by Crippen LogP contribution is -2.46. The number of benzene rings is 2. The van der Waals surface area contributed by atoms with E-state index in [1.807, 2.05) is 33.9 Å². The molecule has 16 heteroatoms. The number of fused-ring (bicyclic) bond motifs is 1. The van der Waals surface area contributed by atoms with Gasteiger partial charge in [0.25, 0.3) is 0 Å². The van der Waals surface area contributed by atoms with Crippen LogP contribution in [-0.2, 0) is 15.0 Å². The number of carbonyl (C=O) groups excluding carboxylic acids is 1. The highest BCUT2D eigenvalue weighted by Crippen LogP contribution is 2.32. The molecule has 0 aliphatic carbocycles. The Bertz CT molecular complexity index is 2070. The quantitative estimate of drug-likeness (QED) is 0.201. The van der Waals surface area contributed by atoms with E-state index in [0.717, 1.165) is 86.2 Å². The van der Waals surface area contributed by atoms with Gasteiger partial charge in [0.05, 0.1) is 17.8 Å². The van der Waals surface area contributed by atoms with Gasteiger partial charge >= 0.3 is 16.2 Å². The van der Waals surface area contributed by atoms with E-state index >= 15 is 8.78 Å². The molecule has 3 fully saturated rings. The molecule has 2 aromatic carbocycles. The van der Waals surface area contributed by atoms with Crippen molar-refractivity contribution in [3.8, 4) is 11.1 Å². The Morgan fingerprint density at radius 1 is 0.942 bits per heavy atom. The maximum Gasteiger partial charge on any atom is 0.317 e. The topological polar surface area (TPSA) is 142 Å². The smallest absolute Gasteiger partial charge is 0.317 e. The van der Waals surface area contributed by atoms with Crippen molar-refractivity contribution < 1.29 is 36.3 Å². The largest absolute Gasteiger partial charge is 0.480 e. The number of hydrogen-bond acceptors (Lipinski definition) is 8. The van der Waals surface area contributed by atoms with Gasteiger partial charge < -0.3 is 15.0 Å². The van der Waals surface area contributed by atoms with Crippen molar-refractivity contribution >= 4 is 44.4 Å². The molecule has 276 valence electrons. The molecule has 2 aromatic heterocycles. The number of carboxylic acid groups (broad SMARTS) is 1. The number of rotatable bonds is 10. The predicted octanol–water partition coefficient (Wildman–Crippen LogP) is 4.50. The Morgan fingerprint density at radius 3 is 2.42 bits per heavy atom. The number of piperidine rings is 1. The van der Waals surface area contributed by atoms with Crippen LogP contribution in [0.1, 0.15) is 41.6 Å². The summed E-state index contributed by atoms with van der Waals surface area (Å²) in [6, 6.07) is 11.9. The van der Waals surface area contributed by atoms with Crippen LogP contribution in [0.5, 0.6) is 0 Å². The fraction of sp³-hybridized carbons (Fsp3) is 0.417. The molecule has 52 heavy (non-hydrogen) atoms. The van der Waals surface area contributed by atoms with Crippen molar-refractivity contribution in [2.75, 3.05) is 68.5 Å². The molecule has 3 aliphatic rings. The summed E-state index contributed by atoms with van der Waals surface area (Å²) in [7, 11) is -4.34. The summed E-state index contributed by atoms with van der Waals surface area (Å²) in [6.07, 6.45) is 4.61. The Labute approximate surface area is 299 Å². The Morgan fingerprint density at radius 2 is 1.71 bits per heavy atom. The van der Waals surface area contributed by atoms with E-state index in [1.165, 1.54) is 6.20 Å². The molecule has 0 amide bonds. The van der Waals surface area contributed by atoms with Crippen LogP contribution in [0.4, 0.5) is 24.5 Å². The molecular formula is C36H40F3N7O5S. The van der Waals surface area contributed by atoms with Gasteiger partial charge in [-0.1, -0.05) is 12.1 Å². The number of halogens is 3. The average molecular weight is 740 g/mol. The molecule has 7 rings (SSSR count). The Balaban J connectivity index is 1.04. The molecule has 5 heterocycles. The molecule has 3 saturated heterocycles. The normalized spacial score (nSPS) is 20.0. The fourth-order valence-electron chi connectivity index (χ4n) is 7.49. The van der Waals surface area contributed by atoms with Crippen LogP contribution in [0.15, 0.2) is 54.9 Å². The van der Waals surface area contributed by atoms with Gasteiger partial charge in [-0.25, -0.2) is 18.2 Å². The second-order valence-corrected chi connectivity index (χ2v) is 15.3. The van der Waals surface area contributed by atoms with Crippen molar-refractivity contribution in [1.82, 2.24) is 24.1 Å². The van der Waals surface area contributed by atoms with Crippen molar-refractivity contribution in [3.63, 3.8) is 0 Å². The third kappa shape index (κ3) is 7.51. The highest BCUT2D eigenvalue weighted by molar-refractivity contribution is 7.90. The number of anilines is 2. The zero-order valence-electron chi connectivity index (χ0n) is 28.4. The molecular weight excluding hydrogens is 700 g/mol. The first-order chi connectivity index (χ1) is 25.0. The lowest BCUT2D eigenvalue weighted by molar-refractivity contribution is -0.138. The number of carbonyl (C=O) groups is 2. The number of aromatic nitrogens is 2. The number of H-pyrrole nitrogens is 1. The predicted molar refractivity (Wildman–Crippen MR) is 190 cm³/mol. The van der Waals surface area contributed by atoms with E-state index < -0.39 is 51.0 Å². The van der Waals surface area contributed by atoms with Crippen LogP contribution < -0.4 is 9.62 Å². The van der Waals surface area contributed by atoms with Crippen molar-refractivity contribution in [2.45, 2.75) is 37.9 Å². The van der Waals surface area contributed by atoms with Crippen LogP contribution >= 0.6 is 0 Å². The van der Waals surface area contributed by atoms with Crippen LogP contribution in [-0.4, -0.2) is 120 Å². The van der Waals surface area contributed by atoms with Gasteiger partial charge in [-0.2, -0.15) is 12.7 Å². The van der Waals surface area contributed by atoms with E-state index in [2.05, 4.69) is 19.8 Å². The fourth-order valence-corrected chi connectivity index (χ4v) is 8.76. The number of pyridine rings is 1. The van der Waals surface area contributed by atoms with Gasteiger partial charge in [0.15, 0.2) is 5.82 Å². The van der Waals surface area contributed by atoms with Crippen LogP contribution in [0, 0.1) is 11.6 Å². The number of aliphatic carboxylic acids is 1. The molecule has 0 unspecified atom stereocenters. The molecule has 3 aliphatic heterocycles. The van der Waals surface area contributed by atoms with E-state index in [1.54, 1.807) is 12.3 Å². The van der Waals surface area contributed by atoms with E-state index in [-0.39, 0.29) is 31.6 Å². The number of hydrogen-bond donors (Lipinski definition) is 3. The number of ketones is 1. The maximum absolute atomic E-state index is 15.7. The standard InChI is InChI=1S/C36H40F3N7O5S/c37-25-8-15-46(21-25)52(50,51)42-31-7-6-30(38)33(34(31)39)35(49)29-20-41-36-28(29)18-24(19-40-36)23-2-4-26(5-3-23)45-13-9-27(10-14-45)44-12-1-11-43(16-17-44)22-32(47)48/h2-7,18-20,25,27,42H,1,8-17,21-22H2,(H,40,41)(H,47,48)/t25-/m1/s1. The number of carboxylic acids is 1. The van der Waals surface area contributed by atoms with Gasteiger partial charge in [-0.3, -0.25) is 24.1 Å². The summed E-state index contributed by atoms with van der Waals surface area (Å²) < 4.78 is 72.7. The second kappa shape index (κ2) is 14.8. The minimum atomic E-state index is -4.34. The van der Waals surface area contributed by atoms with Crippen molar-refractivity contribution in [2.24, 2.45) is 0 Å². The van der Waals surface area contributed by atoms with Crippen molar-refractivity contribution in [1.29, 1.82) is 0 Å². The zero-order valence-corrected chi connectivity index (χ0v) is 29.2. The average Bonchev–Trinajstić information content (AvgIpc) is 3.70. The van der Waals surface area contributed by atoms with Crippen LogP contribution in [0.3, 0.4) is 0 Å². The summed E-state index contributed by atoms with van der Waals surface area (Å²) >= 11 is 0. The molecule has 1 atom stereocenters. The highest BCUT2D eigenvalue weighted by Gasteiger charge is 2.33. The molecule has 4 aromatic rings. The number of alkyl halides is 1. The number of nitrogens with one attached hydrogen (secondary N) is 2. The van der Waals surface area contributed by atoms with Crippen LogP contribution in [0.25, 0.3) is 22.2 Å². The number of nitrogens with zero attached hydrogens (tertiary/aromatic N) is 5. The lowest BCUT2D eigenvalue weighted by Gasteiger charge is -2.39.